The number of nitro groups is 1. The number of esters is 1. The van der Waals surface area contributed by atoms with Crippen LogP contribution in [0.15, 0.2) is 60.7 Å². The fourth-order valence-corrected chi connectivity index (χ4v) is 3.67. The summed E-state index contributed by atoms with van der Waals surface area (Å²) in [7, 11) is 0. The zero-order valence-corrected chi connectivity index (χ0v) is 18.5. The first-order valence-corrected chi connectivity index (χ1v) is 10.7. The van der Waals surface area contributed by atoms with Gasteiger partial charge in [-0.25, -0.2) is 9.69 Å². The molecule has 2 aromatic rings. The summed E-state index contributed by atoms with van der Waals surface area (Å²) in [4.78, 5) is 47.4. The summed E-state index contributed by atoms with van der Waals surface area (Å²) in [6.07, 6.45) is 1.64. The van der Waals surface area contributed by atoms with Gasteiger partial charge in [0, 0.05) is 35.7 Å². The molecule has 1 fully saturated rings. The SMILES string of the molecule is O=C(OCC1(CCl)COC(c2ccc([N+](=O)[O-])cc2)OC1)c1ccc(N2C(=O)C=CC2=O)cc1. The summed E-state index contributed by atoms with van der Waals surface area (Å²) < 4.78 is 17.0. The van der Waals surface area contributed by atoms with Crippen LogP contribution in [0.25, 0.3) is 0 Å². The zero-order chi connectivity index (χ0) is 24.3. The van der Waals surface area contributed by atoms with Gasteiger partial charge in [-0.05, 0) is 36.4 Å². The summed E-state index contributed by atoms with van der Waals surface area (Å²) in [5, 5.41) is 10.8. The molecular formula is C23H19ClN2O8. The second-order valence-electron chi connectivity index (χ2n) is 7.90. The molecule has 11 heteroatoms. The Kier molecular flexibility index (Phi) is 6.73. The Bertz CT molecular complexity index is 1120. The highest BCUT2D eigenvalue weighted by Crippen LogP contribution is 2.34. The maximum absolute atomic E-state index is 12.5. The number of hydrogen-bond donors (Lipinski definition) is 0. The van der Waals surface area contributed by atoms with E-state index in [0.29, 0.717) is 11.3 Å². The second-order valence-corrected chi connectivity index (χ2v) is 8.17. The van der Waals surface area contributed by atoms with Crippen molar-refractivity contribution in [2.24, 2.45) is 5.41 Å². The van der Waals surface area contributed by atoms with Gasteiger partial charge in [0.05, 0.1) is 34.8 Å². The molecule has 0 spiro atoms. The van der Waals surface area contributed by atoms with Gasteiger partial charge in [0.25, 0.3) is 17.5 Å². The van der Waals surface area contributed by atoms with Crippen LogP contribution in [0.2, 0.25) is 0 Å². The molecule has 0 saturated carbocycles. The average molecular weight is 487 g/mol. The largest absolute Gasteiger partial charge is 0.461 e. The lowest BCUT2D eigenvalue weighted by Gasteiger charge is -2.38. The Labute approximate surface area is 198 Å². The molecule has 34 heavy (non-hydrogen) atoms. The molecule has 2 aliphatic heterocycles. The lowest BCUT2D eigenvalue weighted by Crippen LogP contribution is -2.44. The molecule has 0 atom stereocenters. The van der Waals surface area contributed by atoms with E-state index >= 15 is 0 Å². The highest BCUT2D eigenvalue weighted by atomic mass is 35.5. The van der Waals surface area contributed by atoms with Crippen LogP contribution in [0.1, 0.15) is 22.2 Å². The minimum atomic E-state index is -0.769. The standard InChI is InChI=1S/C23H19ClN2O8/c24-11-23(13-33-22(34-14-23)16-3-7-18(8-4-16)26(30)31)12-32-21(29)15-1-5-17(6-2-15)25-19(27)9-10-20(25)28/h1-10,22H,11-14H2. The van der Waals surface area contributed by atoms with E-state index < -0.39 is 34.4 Å². The van der Waals surface area contributed by atoms with Crippen molar-refractivity contribution < 1.29 is 33.5 Å². The maximum atomic E-state index is 12.5. The first kappa shape index (κ1) is 23.6. The number of non-ortho nitro benzene ring substituents is 1. The lowest BCUT2D eigenvalue weighted by molar-refractivity contribution is -0.384. The molecule has 0 aromatic heterocycles. The van der Waals surface area contributed by atoms with Crippen LogP contribution >= 0.6 is 11.6 Å². The van der Waals surface area contributed by atoms with Crippen molar-refractivity contribution in [3.8, 4) is 0 Å². The van der Waals surface area contributed by atoms with Gasteiger partial charge in [-0.15, -0.1) is 11.6 Å². The van der Waals surface area contributed by atoms with Gasteiger partial charge in [0.1, 0.15) is 6.61 Å². The number of rotatable bonds is 7. The number of carbonyl (C=O) groups is 3. The third-order valence-electron chi connectivity index (χ3n) is 5.42. The number of halogens is 1. The van der Waals surface area contributed by atoms with Crippen molar-refractivity contribution >= 4 is 40.8 Å². The topological polar surface area (TPSA) is 125 Å². The third kappa shape index (κ3) is 4.84. The van der Waals surface area contributed by atoms with Gasteiger partial charge >= 0.3 is 5.97 Å². The predicted octanol–water partition coefficient (Wildman–Crippen LogP) is 3.15. The molecule has 2 amide bonds. The van der Waals surface area contributed by atoms with E-state index in [4.69, 9.17) is 25.8 Å². The highest BCUT2D eigenvalue weighted by molar-refractivity contribution is 6.28. The molecule has 0 bridgehead atoms. The molecule has 2 aromatic carbocycles. The number of alkyl halides is 1. The summed E-state index contributed by atoms with van der Waals surface area (Å²) in [5.41, 5.74) is 0.400. The molecule has 0 radical (unpaired) electrons. The van der Waals surface area contributed by atoms with Gasteiger partial charge in [-0.3, -0.25) is 19.7 Å². The Morgan fingerprint density at radius 3 is 2.18 bits per heavy atom. The highest BCUT2D eigenvalue weighted by Gasteiger charge is 2.38. The second kappa shape index (κ2) is 9.72. The van der Waals surface area contributed by atoms with E-state index in [9.17, 15) is 24.5 Å². The van der Waals surface area contributed by atoms with E-state index in [2.05, 4.69) is 0 Å². The molecule has 1 saturated heterocycles. The number of amides is 2. The van der Waals surface area contributed by atoms with Gasteiger partial charge in [0.2, 0.25) is 0 Å². The van der Waals surface area contributed by atoms with E-state index in [1.807, 2.05) is 0 Å². The minimum absolute atomic E-state index is 0.0371. The van der Waals surface area contributed by atoms with Gasteiger partial charge in [-0.1, -0.05) is 0 Å². The third-order valence-corrected chi connectivity index (χ3v) is 5.99. The minimum Gasteiger partial charge on any atom is -0.461 e. The van der Waals surface area contributed by atoms with Gasteiger partial charge in [-0.2, -0.15) is 0 Å². The molecule has 176 valence electrons. The first-order chi connectivity index (χ1) is 16.3. The van der Waals surface area contributed by atoms with Gasteiger partial charge < -0.3 is 14.2 Å². The molecular weight excluding hydrogens is 468 g/mol. The summed E-state index contributed by atoms with van der Waals surface area (Å²) in [5.74, 6) is -1.40. The molecule has 0 aliphatic carbocycles. The number of anilines is 1. The quantitative estimate of drug-likeness (QED) is 0.192. The number of hydrogen-bond acceptors (Lipinski definition) is 8. The van der Waals surface area contributed by atoms with Crippen LogP contribution in [0.3, 0.4) is 0 Å². The Morgan fingerprint density at radius 1 is 1.06 bits per heavy atom. The maximum Gasteiger partial charge on any atom is 0.338 e. The van der Waals surface area contributed by atoms with E-state index in [1.165, 1.54) is 48.6 Å². The Morgan fingerprint density at radius 2 is 1.65 bits per heavy atom. The normalized spacial score (nSPS) is 22.1. The Hall–Kier alpha value is -3.60. The Balaban J connectivity index is 1.33. The molecule has 0 N–H and O–H groups in total. The number of carbonyl (C=O) groups excluding carboxylic acids is 3. The van der Waals surface area contributed by atoms with Crippen molar-refractivity contribution in [2.45, 2.75) is 6.29 Å². The average Bonchev–Trinajstić information content (AvgIpc) is 3.20. The van der Waals surface area contributed by atoms with Crippen molar-refractivity contribution in [2.75, 3.05) is 30.6 Å². The molecule has 0 unspecified atom stereocenters. The van der Waals surface area contributed by atoms with Crippen LogP contribution in [0, 0.1) is 15.5 Å². The number of nitro benzene ring substituents is 1. The van der Waals surface area contributed by atoms with E-state index in [0.717, 1.165) is 4.90 Å². The predicted molar refractivity (Wildman–Crippen MR) is 119 cm³/mol. The molecule has 2 heterocycles. The van der Waals surface area contributed by atoms with Crippen molar-refractivity contribution in [3.05, 3.63) is 81.9 Å². The van der Waals surface area contributed by atoms with Crippen LogP contribution < -0.4 is 4.90 Å². The molecule has 4 rings (SSSR count). The summed E-state index contributed by atoms with van der Waals surface area (Å²) in [6, 6.07) is 11.7. The van der Waals surface area contributed by atoms with Crippen LogP contribution in [-0.4, -0.2) is 48.4 Å². The fourth-order valence-electron chi connectivity index (χ4n) is 3.44. The van der Waals surface area contributed by atoms with Crippen molar-refractivity contribution in [1.82, 2.24) is 0 Å². The van der Waals surface area contributed by atoms with Crippen molar-refractivity contribution in [3.63, 3.8) is 0 Å². The number of nitrogens with zero attached hydrogens (tertiary/aromatic N) is 2. The van der Waals surface area contributed by atoms with Gasteiger partial charge in [0.15, 0.2) is 6.29 Å². The van der Waals surface area contributed by atoms with Crippen molar-refractivity contribution in [1.29, 1.82) is 0 Å². The lowest BCUT2D eigenvalue weighted by atomic mass is 9.93. The van der Waals surface area contributed by atoms with E-state index in [-0.39, 0.29) is 37.0 Å². The number of imide groups is 1. The summed E-state index contributed by atoms with van der Waals surface area (Å²) in [6.45, 7) is 0.240. The fraction of sp³-hybridized carbons (Fsp3) is 0.261. The van der Waals surface area contributed by atoms with Crippen LogP contribution in [0.5, 0.6) is 0 Å². The van der Waals surface area contributed by atoms with Crippen LogP contribution in [0.4, 0.5) is 11.4 Å². The van der Waals surface area contributed by atoms with E-state index in [1.54, 1.807) is 12.1 Å². The number of benzene rings is 2. The smallest absolute Gasteiger partial charge is 0.338 e. The summed E-state index contributed by atoms with van der Waals surface area (Å²) >= 11 is 6.14. The van der Waals surface area contributed by atoms with Crippen LogP contribution in [-0.2, 0) is 23.8 Å². The zero-order valence-electron chi connectivity index (χ0n) is 17.7. The number of ether oxygens (including phenoxy) is 3. The molecule has 10 nitrogen and oxygen atoms in total. The monoisotopic (exact) mass is 486 g/mol. The molecule has 2 aliphatic rings. The first-order valence-electron chi connectivity index (χ1n) is 10.2.